The average Bonchev–Trinajstić information content (AvgIpc) is 3.87. The maximum absolute atomic E-state index is 6.69. The Labute approximate surface area is 295 Å². The van der Waals surface area contributed by atoms with Crippen LogP contribution in [0.4, 0.5) is 17.1 Å². The van der Waals surface area contributed by atoms with Crippen molar-refractivity contribution in [3.05, 3.63) is 164 Å². The molecule has 0 bridgehead atoms. The van der Waals surface area contributed by atoms with Gasteiger partial charge in [-0.05, 0) is 77.2 Å². The maximum atomic E-state index is 6.69. The van der Waals surface area contributed by atoms with Gasteiger partial charge in [-0.3, -0.25) is 0 Å². The van der Waals surface area contributed by atoms with Crippen LogP contribution >= 0.6 is 22.7 Å². The lowest BCUT2D eigenvalue weighted by molar-refractivity contribution is 0.672. The van der Waals surface area contributed by atoms with E-state index in [0.717, 1.165) is 44.4 Å². The van der Waals surface area contributed by atoms with Gasteiger partial charge in [0.25, 0.3) is 0 Å². The molecule has 3 aromatic heterocycles. The van der Waals surface area contributed by atoms with Gasteiger partial charge < -0.3 is 9.32 Å². The highest BCUT2D eigenvalue weighted by atomic mass is 32.1. The van der Waals surface area contributed by atoms with Crippen molar-refractivity contribution in [2.75, 3.05) is 4.90 Å². The van der Waals surface area contributed by atoms with Crippen LogP contribution in [-0.4, -0.2) is 0 Å². The van der Waals surface area contributed by atoms with Gasteiger partial charge in [0.1, 0.15) is 11.2 Å². The third-order valence-corrected chi connectivity index (χ3v) is 12.4. The van der Waals surface area contributed by atoms with E-state index in [4.69, 9.17) is 4.42 Å². The van der Waals surface area contributed by atoms with Crippen molar-refractivity contribution in [2.24, 2.45) is 0 Å². The normalized spacial score (nSPS) is 12.0. The van der Waals surface area contributed by atoms with Crippen LogP contribution in [0.25, 0.3) is 84.2 Å². The largest absolute Gasteiger partial charge is 0.455 e. The Hall–Kier alpha value is -5.94. The number of furan rings is 1. The number of hydrogen-bond acceptors (Lipinski definition) is 4. The molecule has 0 spiro atoms. The highest BCUT2D eigenvalue weighted by molar-refractivity contribution is 7.26. The molecule has 0 aliphatic heterocycles. The third-order valence-electron chi connectivity index (χ3n) is 10.0. The van der Waals surface area contributed by atoms with E-state index in [1.165, 1.54) is 56.9 Å². The van der Waals surface area contributed by atoms with E-state index in [2.05, 4.69) is 169 Å². The first kappa shape index (κ1) is 28.0. The molecule has 0 N–H and O–H groups in total. The summed E-state index contributed by atoms with van der Waals surface area (Å²) < 4.78 is 11.9. The van der Waals surface area contributed by atoms with E-state index in [1.54, 1.807) is 0 Å². The molecule has 0 amide bonds. The van der Waals surface area contributed by atoms with Crippen molar-refractivity contribution in [2.45, 2.75) is 0 Å². The first-order chi connectivity index (χ1) is 24.8. The van der Waals surface area contributed by atoms with Crippen LogP contribution in [0.1, 0.15) is 0 Å². The number of nitrogens with zero attached hydrogens (tertiary/aromatic N) is 1. The highest BCUT2D eigenvalue weighted by Gasteiger charge is 2.22. The van der Waals surface area contributed by atoms with Crippen LogP contribution in [-0.2, 0) is 0 Å². The van der Waals surface area contributed by atoms with E-state index in [9.17, 15) is 0 Å². The molecule has 0 saturated heterocycles. The fourth-order valence-corrected chi connectivity index (χ4v) is 10.1. The minimum atomic E-state index is 0.882. The summed E-state index contributed by atoms with van der Waals surface area (Å²) in [6.07, 6.45) is 0. The molecule has 4 heteroatoms. The van der Waals surface area contributed by atoms with Gasteiger partial charge in [0.2, 0.25) is 0 Å². The molecule has 0 aliphatic carbocycles. The predicted molar refractivity (Wildman–Crippen MR) is 217 cm³/mol. The lowest BCUT2D eigenvalue weighted by Crippen LogP contribution is -2.10. The smallest absolute Gasteiger partial charge is 0.143 e. The number of thiophene rings is 2. The fraction of sp³-hybridized carbons (Fsp3) is 0. The Morgan fingerprint density at radius 3 is 2.04 bits per heavy atom. The number of benzene rings is 8. The highest BCUT2D eigenvalue weighted by Crippen LogP contribution is 2.47. The molecule has 0 fully saturated rings. The molecule has 3 heterocycles. The fourth-order valence-electron chi connectivity index (χ4n) is 7.79. The molecule has 234 valence electrons. The summed E-state index contributed by atoms with van der Waals surface area (Å²) in [7, 11) is 0. The van der Waals surface area contributed by atoms with Crippen LogP contribution < -0.4 is 4.90 Å². The summed E-state index contributed by atoms with van der Waals surface area (Å²) in [5.41, 5.74) is 7.56. The van der Waals surface area contributed by atoms with Gasteiger partial charge in [-0.2, -0.15) is 0 Å². The van der Waals surface area contributed by atoms with Gasteiger partial charge in [-0.15, -0.1) is 22.7 Å². The number of anilines is 3. The first-order valence-corrected chi connectivity index (χ1v) is 18.5. The first-order valence-electron chi connectivity index (χ1n) is 16.8. The van der Waals surface area contributed by atoms with Gasteiger partial charge in [0.05, 0.1) is 11.1 Å². The molecule has 0 unspecified atom stereocenters. The quantitative estimate of drug-likeness (QED) is 0.185. The zero-order valence-electron chi connectivity index (χ0n) is 26.8. The molecule has 0 atom stereocenters. The summed E-state index contributed by atoms with van der Waals surface area (Å²) in [4.78, 5) is 2.42. The Morgan fingerprint density at radius 2 is 1.14 bits per heavy atom. The van der Waals surface area contributed by atoms with Crippen LogP contribution in [0, 0.1) is 0 Å². The predicted octanol–water partition coefficient (Wildman–Crippen LogP) is 14.6. The Morgan fingerprint density at radius 1 is 0.440 bits per heavy atom. The lowest BCUT2D eigenvalue weighted by Gasteiger charge is -2.27. The topological polar surface area (TPSA) is 16.4 Å². The van der Waals surface area contributed by atoms with Crippen LogP contribution in [0.2, 0.25) is 0 Å². The summed E-state index contributed by atoms with van der Waals surface area (Å²) in [6, 6.07) is 59.5. The van der Waals surface area contributed by atoms with Gasteiger partial charge in [0, 0.05) is 62.5 Å². The van der Waals surface area contributed by atoms with Crippen molar-refractivity contribution in [1.82, 2.24) is 0 Å². The molecular formula is C46H27NOS2. The number of fused-ring (bicyclic) bond motifs is 11. The van der Waals surface area contributed by atoms with Gasteiger partial charge >= 0.3 is 0 Å². The van der Waals surface area contributed by atoms with Gasteiger partial charge in [-0.25, -0.2) is 0 Å². The zero-order chi connectivity index (χ0) is 32.8. The van der Waals surface area contributed by atoms with E-state index >= 15 is 0 Å². The molecular weight excluding hydrogens is 647 g/mol. The van der Waals surface area contributed by atoms with Crippen molar-refractivity contribution in [3.8, 4) is 11.1 Å². The monoisotopic (exact) mass is 673 g/mol. The molecule has 0 radical (unpaired) electrons. The summed E-state index contributed by atoms with van der Waals surface area (Å²) in [5, 5.41) is 9.72. The molecule has 8 aromatic carbocycles. The summed E-state index contributed by atoms with van der Waals surface area (Å²) in [5.74, 6) is 0. The average molecular weight is 674 g/mol. The second-order valence-electron chi connectivity index (χ2n) is 12.9. The molecule has 2 nitrogen and oxygen atoms in total. The van der Waals surface area contributed by atoms with Crippen LogP contribution in [0.15, 0.2) is 168 Å². The molecule has 0 saturated carbocycles. The molecule has 11 aromatic rings. The van der Waals surface area contributed by atoms with Crippen LogP contribution in [0.5, 0.6) is 0 Å². The van der Waals surface area contributed by atoms with E-state index in [1.807, 2.05) is 22.7 Å². The van der Waals surface area contributed by atoms with Crippen molar-refractivity contribution in [1.29, 1.82) is 0 Å². The zero-order valence-corrected chi connectivity index (χ0v) is 28.4. The SMILES string of the molecule is c1cc(-c2cccc3c2sc2ccccc23)cc(N(c2ccc3sc4ccccc4c3c2)c2cccc3oc4c5ccccc5ccc4c23)c1. The second kappa shape index (κ2) is 10.8. The van der Waals surface area contributed by atoms with E-state index in [-0.39, 0.29) is 0 Å². The number of rotatable bonds is 4. The van der Waals surface area contributed by atoms with E-state index < -0.39 is 0 Å². The Bertz CT molecular complexity index is 3130. The minimum Gasteiger partial charge on any atom is -0.455 e. The molecule has 0 aliphatic rings. The van der Waals surface area contributed by atoms with Crippen LogP contribution in [0.3, 0.4) is 0 Å². The lowest BCUT2D eigenvalue weighted by atomic mass is 10.0. The van der Waals surface area contributed by atoms with E-state index in [0.29, 0.717) is 0 Å². The Kier molecular flexibility index (Phi) is 6.03. The van der Waals surface area contributed by atoms with Crippen molar-refractivity contribution in [3.63, 3.8) is 0 Å². The van der Waals surface area contributed by atoms with Crippen molar-refractivity contribution >= 4 is 113 Å². The Balaban J connectivity index is 1.19. The molecule has 50 heavy (non-hydrogen) atoms. The van der Waals surface area contributed by atoms with Gasteiger partial charge in [0.15, 0.2) is 0 Å². The van der Waals surface area contributed by atoms with Crippen molar-refractivity contribution < 1.29 is 4.42 Å². The minimum absolute atomic E-state index is 0.882. The second-order valence-corrected chi connectivity index (χ2v) is 15.0. The van der Waals surface area contributed by atoms with Gasteiger partial charge in [-0.1, -0.05) is 103 Å². The summed E-state index contributed by atoms with van der Waals surface area (Å²) in [6.45, 7) is 0. The number of hydrogen-bond donors (Lipinski definition) is 0. The molecule has 11 rings (SSSR count). The standard InChI is InChI=1S/C46H27NOS2/c1-2-13-32-28(10-1)22-24-37-44-39(18-9-19-40(44)48-45(32)37)47(31-23-25-43-38(27-31)35-15-4-5-20-41(35)49-43)30-12-7-11-29(26-30)33-16-8-17-36-34-14-3-6-21-42(34)50-46(33)36/h1-27H. The maximum Gasteiger partial charge on any atom is 0.143 e. The third kappa shape index (κ3) is 4.13. The summed E-state index contributed by atoms with van der Waals surface area (Å²) >= 11 is 3.72.